The van der Waals surface area contributed by atoms with E-state index in [0.29, 0.717) is 16.8 Å². The Hall–Kier alpha value is -4.39. The number of carbonyl (C=O) groups excluding carboxylic acids is 1. The molecule has 156 valence electrons. The molecular formula is C25H17FN4O2. The van der Waals surface area contributed by atoms with Crippen molar-refractivity contribution < 1.29 is 9.18 Å². The van der Waals surface area contributed by atoms with Gasteiger partial charge in [0, 0.05) is 17.1 Å². The summed E-state index contributed by atoms with van der Waals surface area (Å²) in [6.07, 6.45) is 3.29. The number of rotatable bonds is 5. The highest BCUT2D eigenvalue weighted by Crippen LogP contribution is 2.17. The summed E-state index contributed by atoms with van der Waals surface area (Å²) >= 11 is 0. The quantitative estimate of drug-likeness (QED) is 0.400. The molecule has 0 unspecified atom stereocenters. The second-order valence-corrected chi connectivity index (χ2v) is 7.35. The lowest BCUT2D eigenvalue weighted by molar-refractivity contribution is 0.103. The Morgan fingerprint density at radius 2 is 1.62 bits per heavy atom. The molecule has 5 aromatic rings. The molecule has 0 fully saturated rings. The zero-order valence-corrected chi connectivity index (χ0v) is 16.9. The van der Waals surface area contributed by atoms with Gasteiger partial charge in [-0.15, -0.1) is 5.10 Å². The third kappa shape index (κ3) is 3.60. The second kappa shape index (κ2) is 8.03. The molecule has 0 aliphatic carbocycles. The molecule has 0 saturated heterocycles. The number of hydrogen-bond acceptors (Lipinski definition) is 4. The van der Waals surface area contributed by atoms with Gasteiger partial charge in [0.15, 0.2) is 5.78 Å². The molecule has 0 radical (unpaired) electrons. The molecule has 0 N–H and O–H groups in total. The molecule has 0 saturated carbocycles. The molecule has 5 rings (SSSR count). The Morgan fingerprint density at radius 3 is 2.38 bits per heavy atom. The van der Waals surface area contributed by atoms with Crippen LogP contribution < -0.4 is 5.43 Å². The van der Waals surface area contributed by atoms with E-state index in [1.54, 1.807) is 45.8 Å². The van der Waals surface area contributed by atoms with E-state index in [1.165, 1.54) is 18.3 Å². The Kier molecular flexibility index (Phi) is 4.91. The number of pyridine rings is 1. The van der Waals surface area contributed by atoms with Gasteiger partial charge in [0.1, 0.15) is 11.5 Å². The van der Waals surface area contributed by atoms with Crippen LogP contribution in [0.25, 0.3) is 16.6 Å². The van der Waals surface area contributed by atoms with Gasteiger partial charge < -0.3 is 4.57 Å². The molecule has 2 aromatic heterocycles. The first-order chi connectivity index (χ1) is 15.6. The van der Waals surface area contributed by atoms with Gasteiger partial charge in [-0.1, -0.05) is 53.7 Å². The van der Waals surface area contributed by atoms with Gasteiger partial charge in [-0.05, 0) is 30.3 Å². The standard InChI is InChI=1S/C25H17FN4O2/c26-18-11-12-23-21(13-18)25(32)22(24(31)17-7-3-1-4-8-17)16-29(23)14-19-15-30(28-27-19)20-9-5-2-6-10-20/h1-13,15-16H,14H2. The van der Waals surface area contributed by atoms with Crippen LogP contribution >= 0.6 is 0 Å². The largest absolute Gasteiger partial charge is 0.340 e. The number of halogens is 1. The normalized spacial score (nSPS) is 11.0. The molecule has 0 amide bonds. The number of ketones is 1. The van der Waals surface area contributed by atoms with Crippen molar-refractivity contribution in [1.82, 2.24) is 19.6 Å². The van der Waals surface area contributed by atoms with Crippen molar-refractivity contribution in [2.45, 2.75) is 6.54 Å². The van der Waals surface area contributed by atoms with Crippen LogP contribution in [0.1, 0.15) is 21.6 Å². The number of nitrogens with zero attached hydrogens (tertiary/aromatic N) is 4. The van der Waals surface area contributed by atoms with E-state index in [4.69, 9.17) is 0 Å². The second-order valence-electron chi connectivity index (χ2n) is 7.35. The summed E-state index contributed by atoms with van der Waals surface area (Å²) in [5.74, 6) is -0.955. The van der Waals surface area contributed by atoms with Crippen molar-refractivity contribution in [1.29, 1.82) is 0 Å². The molecule has 2 heterocycles. The lowest BCUT2D eigenvalue weighted by atomic mass is 10.0. The van der Waals surface area contributed by atoms with Crippen LogP contribution in [0.3, 0.4) is 0 Å². The average molecular weight is 424 g/mol. The molecule has 0 spiro atoms. The fraction of sp³-hybridized carbons (Fsp3) is 0.0400. The maximum atomic E-state index is 14.0. The number of aromatic nitrogens is 4. The van der Waals surface area contributed by atoms with Crippen molar-refractivity contribution in [2.75, 3.05) is 0 Å². The smallest absolute Gasteiger partial charge is 0.200 e. The zero-order chi connectivity index (χ0) is 22.1. The van der Waals surface area contributed by atoms with E-state index >= 15 is 0 Å². The van der Waals surface area contributed by atoms with Crippen LogP contribution in [0.15, 0.2) is 96.1 Å². The summed E-state index contributed by atoms with van der Waals surface area (Å²) in [4.78, 5) is 26.1. The van der Waals surface area contributed by atoms with Crippen LogP contribution in [0, 0.1) is 5.82 Å². The zero-order valence-electron chi connectivity index (χ0n) is 16.9. The molecule has 32 heavy (non-hydrogen) atoms. The minimum Gasteiger partial charge on any atom is -0.340 e. The molecule has 3 aromatic carbocycles. The van der Waals surface area contributed by atoms with Crippen LogP contribution in [-0.4, -0.2) is 25.3 Å². The van der Waals surface area contributed by atoms with Gasteiger partial charge in [0.2, 0.25) is 5.43 Å². The lowest BCUT2D eigenvalue weighted by Gasteiger charge is -2.12. The maximum absolute atomic E-state index is 14.0. The molecule has 7 heteroatoms. The van der Waals surface area contributed by atoms with Crippen molar-refractivity contribution in [2.24, 2.45) is 0 Å². The summed E-state index contributed by atoms with van der Waals surface area (Å²) in [7, 11) is 0. The van der Waals surface area contributed by atoms with E-state index in [9.17, 15) is 14.0 Å². The van der Waals surface area contributed by atoms with E-state index < -0.39 is 17.0 Å². The molecule has 0 aliphatic rings. The first-order valence-corrected chi connectivity index (χ1v) is 9.99. The Balaban J connectivity index is 1.61. The van der Waals surface area contributed by atoms with Gasteiger partial charge >= 0.3 is 0 Å². The topological polar surface area (TPSA) is 69.8 Å². The van der Waals surface area contributed by atoms with Gasteiger partial charge in [0.25, 0.3) is 0 Å². The number of carbonyl (C=O) groups is 1. The number of fused-ring (bicyclic) bond motifs is 1. The van der Waals surface area contributed by atoms with Crippen molar-refractivity contribution in [3.8, 4) is 5.69 Å². The summed E-state index contributed by atoms with van der Waals surface area (Å²) < 4.78 is 17.3. The van der Waals surface area contributed by atoms with E-state index in [2.05, 4.69) is 10.3 Å². The Bertz CT molecular complexity index is 1490. The Labute approximate surface area is 182 Å². The first-order valence-electron chi connectivity index (χ1n) is 9.99. The fourth-order valence-electron chi connectivity index (χ4n) is 3.66. The van der Waals surface area contributed by atoms with Gasteiger partial charge in [0.05, 0.1) is 29.5 Å². The Morgan fingerprint density at radius 1 is 0.906 bits per heavy atom. The van der Waals surface area contributed by atoms with Gasteiger partial charge in [-0.3, -0.25) is 9.59 Å². The molecule has 0 bridgehead atoms. The summed E-state index contributed by atoms with van der Waals surface area (Å²) in [6, 6.07) is 22.1. The third-order valence-electron chi connectivity index (χ3n) is 5.22. The van der Waals surface area contributed by atoms with Gasteiger partial charge in [-0.2, -0.15) is 0 Å². The highest BCUT2D eigenvalue weighted by atomic mass is 19.1. The molecule has 0 atom stereocenters. The SMILES string of the molecule is O=C(c1ccccc1)c1cn(Cc2cn(-c3ccccc3)nn2)c2ccc(F)cc2c1=O. The van der Waals surface area contributed by atoms with E-state index in [-0.39, 0.29) is 17.5 Å². The average Bonchev–Trinajstić information content (AvgIpc) is 3.30. The number of para-hydroxylation sites is 1. The molecule has 6 nitrogen and oxygen atoms in total. The van der Waals surface area contributed by atoms with Crippen LogP contribution in [-0.2, 0) is 6.54 Å². The lowest BCUT2D eigenvalue weighted by Crippen LogP contribution is -2.20. The highest BCUT2D eigenvalue weighted by molar-refractivity contribution is 6.10. The minimum absolute atomic E-state index is 0.0234. The summed E-state index contributed by atoms with van der Waals surface area (Å²) in [5.41, 5.74) is 1.86. The van der Waals surface area contributed by atoms with E-state index in [0.717, 1.165) is 11.8 Å². The van der Waals surface area contributed by atoms with Crippen molar-refractivity contribution in [3.63, 3.8) is 0 Å². The summed E-state index contributed by atoms with van der Waals surface area (Å²) in [6.45, 7) is 0.254. The third-order valence-corrected chi connectivity index (χ3v) is 5.22. The summed E-state index contributed by atoms with van der Waals surface area (Å²) in [5, 5.41) is 8.53. The number of hydrogen-bond donors (Lipinski definition) is 0. The first kappa shape index (κ1) is 19.6. The minimum atomic E-state index is -0.541. The van der Waals surface area contributed by atoms with Gasteiger partial charge in [-0.25, -0.2) is 9.07 Å². The van der Waals surface area contributed by atoms with Crippen molar-refractivity contribution in [3.05, 3.63) is 124 Å². The molecule has 0 aliphatic heterocycles. The predicted octanol–water partition coefficient (Wildman–Crippen LogP) is 4.00. The fourth-order valence-corrected chi connectivity index (χ4v) is 3.66. The highest BCUT2D eigenvalue weighted by Gasteiger charge is 2.18. The maximum Gasteiger partial charge on any atom is 0.200 e. The van der Waals surface area contributed by atoms with E-state index in [1.807, 2.05) is 30.3 Å². The van der Waals surface area contributed by atoms with Crippen molar-refractivity contribution >= 4 is 16.7 Å². The van der Waals surface area contributed by atoms with Crippen LogP contribution in [0.5, 0.6) is 0 Å². The van der Waals surface area contributed by atoms with Crippen LogP contribution in [0.2, 0.25) is 0 Å². The monoisotopic (exact) mass is 424 g/mol. The predicted molar refractivity (Wildman–Crippen MR) is 119 cm³/mol. The molecular weight excluding hydrogens is 407 g/mol. The number of benzene rings is 3. The van der Waals surface area contributed by atoms with Crippen LogP contribution in [0.4, 0.5) is 4.39 Å².